The van der Waals surface area contributed by atoms with Crippen molar-refractivity contribution in [2.75, 3.05) is 14.2 Å². The largest absolute Gasteiger partial charge is 0.497 e. The number of methoxy groups -OCH3 is 2. The van der Waals surface area contributed by atoms with Gasteiger partial charge in [0, 0.05) is 12.0 Å². The van der Waals surface area contributed by atoms with Gasteiger partial charge in [0.25, 0.3) is 0 Å². The first kappa shape index (κ1) is 11.9. The Hall–Kier alpha value is -2.16. The van der Waals surface area contributed by atoms with E-state index in [4.69, 9.17) is 14.2 Å². The van der Waals surface area contributed by atoms with Crippen LogP contribution in [0.2, 0.25) is 0 Å². The molecule has 0 amide bonds. The fourth-order valence-corrected chi connectivity index (χ4v) is 2.38. The zero-order valence-corrected chi connectivity index (χ0v) is 11.1. The van der Waals surface area contributed by atoms with E-state index in [0.717, 1.165) is 29.2 Å². The van der Waals surface area contributed by atoms with Crippen LogP contribution < -0.4 is 14.2 Å². The van der Waals surface area contributed by atoms with Crippen molar-refractivity contribution in [3.8, 4) is 17.2 Å². The number of hydrogen-bond donors (Lipinski definition) is 0. The minimum absolute atomic E-state index is 0.0530. The Kier molecular flexibility index (Phi) is 3.03. The molecule has 98 valence electrons. The summed E-state index contributed by atoms with van der Waals surface area (Å²) in [5.41, 5.74) is 2.32. The molecule has 0 saturated carbocycles. The molecule has 1 atom stereocenters. The average Bonchev–Trinajstić information content (AvgIpc) is 2.90. The lowest BCUT2D eigenvalue weighted by Gasteiger charge is -2.12. The van der Waals surface area contributed by atoms with Crippen LogP contribution in [0.3, 0.4) is 0 Å². The molecule has 2 aromatic carbocycles. The van der Waals surface area contributed by atoms with E-state index in [1.54, 1.807) is 14.2 Å². The van der Waals surface area contributed by atoms with Crippen molar-refractivity contribution in [1.29, 1.82) is 0 Å². The van der Waals surface area contributed by atoms with E-state index in [-0.39, 0.29) is 6.10 Å². The van der Waals surface area contributed by atoms with Crippen LogP contribution in [0.1, 0.15) is 17.2 Å². The van der Waals surface area contributed by atoms with Crippen molar-refractivity contribution in [3.63, 3.8) is 0 Å². The monoisotopic (exact) mass is 256 g/mol. The van der Waals surface area contributed by atoms with Crippen LogP contribution in [-0.2, 0) is 6.42 Å². The first-order valence-corrected chi connectivity index (χ1v) is 6.27. The maximum atomic E-state index is 5.98. The van der Waals surface area contributed by atoms with Crippen molar-refractivity contribution in [2.24, 2.45) is 0 Å². The molecule has 0 aliphatic carbocycles. The molecular weight excluding hydrogens is 240 g/mol. The van der Waals surface area contributed by atoms with Gasteiger partial charge in [-0.15, -0.1) is 0 Å². The number of hydrogen-bond acceptors (Lipinski definition) is 3. The molecule has 0 spiro atoms. The number of rotatable bonds is 3. The van der Waals surface area contributed by atoms with Gasteiger partial charge in [-0.25, -0.2) is 0 Å². The van der Waals surface area contributed by atoms with E-state index in [2.05, 4.69) is 6.07 Å². The molecule has 2 aromatic rings. The number of ether oxygens (including phenoxy) is 3. The lowest BCUT2D eigenvalue weighted by molar-refractivity contribution is 0.238. The predicted octanol–water partition coefficient (Wildman–Crippen LogP) is 3.38. The zero-order chi connectivity index (χ0) is 13.2. The van der Waals surface area contributed by atoms with E-state index in [0.29, 0.717) is 0 Å². The van der Waals surface area contributed by atoms with Crippen molar-refractivity contribution < 1.29 is 14.2 Å². The van der Waals surface area contributed by atoms with E-state index < -0.39 is 0 Å². The maximum Gasteiger partial charge on any atom is 0.128 e. The molecule has 0 N–H and O–H groups in total. The molecular formula is C16H16O3. The van der Waals surface area contributed by atoms with Gasteiger partial charge in [-0.1, -0.05) is 12.1 Å². The summed E-state index contributed by atoms with van der Waals surface area (Å²) in [5.74, 6) is 2.66. The van der Waals surface area contributed by atoms with Crippen molar-refractivity contribution in [1.82, 2.24) is 0 Å². The maximum absolute atomic E-state index is 5.98. The summed E-state index contributed by atoms with van der Waals surface area (Å²) in [6.07, 6.45) is 0.914. The third-order valence-electron chi connectivity index (χ3n) is 3.41. The first-order chi connectivity index (χ1) is 9.30. The third kappa shape index (κ3) is 2.24. The Balaban J connectivity index is 1.86. The van der Waals surface area contributed by atoms with E-state index in [1.165, 1.54) is 5.56 Å². The van der Waals surface area contributed by atoms with E-state index >= 15 is 0 Å². The van der Waals surface area contributed by atoms with Crippen LogP contribution >= 0.6 is 0 Å². The van der Waals surface area contributed by atoms with E-state index in [9.17, 15) is 0 Å². The highest BCUT2D eigenvalue weighted by atomic mass is 16.5. The summed E-state index contributed by atoms with van der Waals surface area (Å²) in [6, 6.07) is 13.9. The van der Waals surface area contributed by atoms with Crippen molar-refractivity contribution in [3.05, 3.63) is 53.6 Å². The van der Waals surface area contributed by atoms with Gasteiger partial charge in [0.1, 0.15) is 23.4 Å². The fourth-order valence-electron chi connectivity index (χ4n) is 2.38. The van der Waals surface area contributed by atoms with Crippen LogP contribution in [0.5, 0.6) is 17.2 Å². The normalized spacial score (nSPS) is 16.6. The molecule has 3 nitrogen and oxygen atoms in total. The molecule has 0 radical (unpaired) electrons. The summed E-state index contributed by atoms with van der Waals surface area (Å²) in [4.78, 5) is 0. The lowest BCUT2D eigenvalue weighted by atomic mass is 10.0. The average molecular weight is 256 g/mol. The van der Waals surface area contributed by atoms with Crippen molar-refractivity contribution in [2.45, 2.75) is 12.5 Å². The lowest BCUT2D eigenvalue weighted by Crippen LogP contribution is -2.03. The third-order valence-corrected chi connectivity index (χ3v) is 3.41. The molecule has 1 aliphatic heterocycles. The van der Waals surface area contributed by atoms with Crippen LogP contribution in [-0.4, -0.2) is 14.2 Å². The molecule has 1 heterocycles. The highest BCUT2D eigenvalue weighted by molar-refractivity contribution is 5.45. The highest BCUT2D eigenvalue weighted by Crippen LogP contribution is 2.38. The van der Waals surface area contributed by atoms with Gasteiger partial charge < -0.3 is 14.2 Å². The van der Waals surface area contributed by atoms with Gasteiger partial charge in [0.15, 0.2) is 0 Å². The molecule has 0 saturated heterocycles. The van der Waals surface area contributed by atoms with Crippen LogP contribution in [0.4, 0.5) is 0 Å². The highest BCUT2D eigenvalue weighted by Gasteiger charge is 2.25. The Morgan fingerprint density at radius 3 is 2.58 bits per heavy atom. The number of benzene rings is 2. The Bertz CT molecular complexity index is 592. The van der Waals surface area contributed by atoms with Gasteiger partial charge in [-0.2, -0.15) is 0 Å². The summed E-state index contributed by atoms with van der Waals surface area (Å²) in [6.45, 7) is 0. The summed E-state index contributed by atoms with van der Waals surface area (Å²) in [5, 5.41) is 0. The zero-order valence-electron chi connectivity index (χ0n) is 11.1. The minimum Gasteiger partial charge on any atom is -0.497 e. The molecule has 1 unspecified atom stereocenters. The van der Waals surface area contributed by atoms with Crippen LogP contribution in [0.15, 0.2) is 42.5 Å². The van der Waals surface area contributed by atoms with Gasteiger partial charge in [0.05, 0.1) is 14.2 Å². The molecule has 19 heavy (non-hydrogen) atoms. The molecule has 3 heteroatoms. The summed E-state index contributed by atoms with van der Waals surface area (Å²) in [7, 11) is 3.35. The topological polar surface area (TPSA) is 27.7 Å². The number of fused-ring (bicyclic) bond motifs is 1. The van der Waals surface area contributed by atoms with Gasteiger partial charge >= 0.3 is 0 Å². The first-order valence-electron chi connectivity index (χ1n) is 6.27. The Morgan fingerprint density at radius 2 is 1.79 bits per heavy atom. The van der Waals surface area contributed by atoms with Crippen LogP contribution in [0, 0.1) is 0 Å². The minimum atomic E-state index is 0.0530. The molecule has 0 bridgehead atoms. The predicted molar refractivity (Wildman–Crippen MR) is 73.1 cm³/mol. The Morgan fingerprint density at radius 1 is 1.00 bits per heavy atom. The van der Waals surface area contributed by atoms with Gasteiger partial charge in [0.2, 0.25) is 0 Å². The summed E-state index contributed by atoms with van der Waals surface area (Å²) < 4.78 is 16.5. The van der Waals surface area contributed by atoms with Gasteiger partial charge in [-0.05, 0) is 35.9 Å². The van der Waals surface area contributed by atoms with Crippen LogP contribution in [0.25, 0.3) is 0 Å². The standard InChI is InChI=1S/C16H16O3/c1-17-13-5-3-4-11(8-13)16-10-12-9-14(18-2)6-7-15(12)19-16/h3-9,16H,10H2,1-2H3. The Labute approximate surface area is 112 Å². The smallest absolute Gasteiger partial charge is 0.128 e. The quantitative estimate of drug-likeness (QED) is 0.842. The molecule has 0 fully saturated rings. The van der Waals surface area contributed by atoms with Gasteiger partial charge in [-0.3, -0.25) is 0 Å². The van der Waals surface area contributed by atoms with Crippen molar-refractivity contribution >= 4 is 0 Å². The summed E-state index contributed by atoms with van der Waals surface area (Å²) >= 11 is 0. The second-order valence-electron chi connectivity index (χ2n) is 4.56. The van der Waals surface area contributed by atoms with E-state index in [1.807, 2.05) is 36.4 Å². The second-order valence-corrected chi connectivity index (χ2v) is 4.56. The molecule has 3 rings (SSSR count). The molecule has 1 aliphatic rings. The fraction of sp³-hybridized carbons (Fsp3) is 0.250. The SMILES string of the molecule is COc1cccc(C2Cc3cc(OC)ccc3O2)c1. The second kappa shape index (κ2) is 4.84. The molecule has 0 aromatic heterocycles.